The number of methoxy groups -OCH3 is 2. The van der Waals surface area contributed by atoms with Crippen LogP contribution in [-0.2, 0) is 35.9 Å². The van der Waals surface area contributed by atoms with E-state index >= 15 is 0 Å². The first kappa shape index (κ1) is 23.7. The zero-order valence-corrected chi connectivity index (χ0v) is 8.71. The molecular weight excluding hydrogens is 243 g/mol. The van der Waals surface area contributed by atoms with Crippen LogP contribution in [0, 0.1) is 0 Å². The second-order valence-corrected chi connectivity index (χ2v) is 1.31. The number of carbonyl (C=O) groups excluding carboxylic acids is 2. The molecule has 0 aliphatic carbocycles. The van der Waals surface area contributed by atoms with Gasteiger partial charge >= 0.3 is 34.5 Å². The third kappa shape index (κ3) is 19.4. The van der Waals surface area contributed by atoms with E-state index in [0.29, 0.717) is 0 Å². The van der Waals surface area contributed by atoms with E-state index in [1.807, 2.05) is 0 Å². The van der Waals surface area contributed by atoms with Crippen LogP contribution in [-0.4, -0.2) is 38.6 Å². The molecule has 7 heteroatoms. The van der Waals surface area contributed by atoms with Crippen molar-refractivity contribution in [3.05, 3.63) is 0 Å². The van der Waals surface area contributed by atoms with E-state index in [1.165, 1.54) is 0 Å². The summed E-state index contributed by atoms with van der Waals surface area (Å²) in [5.41, 5.74) is 0. The molecule has 0 unspecified atom stereocenters. The summed E-state index contributed by atoms with van der Waals surface area (Å²) < 4.78 is 16.5. The maximum atomic E-state index is 10.2. The van der Waals surface area contributed by atoms with E-state index in [-0.39, 0.29) is 14.9 Å². The molecule has 0 aromatic rings. The SMILES string of the molecule is C.C.COC(=O)OCOC(=O)OC.[CH2]=[V]. The summed E-state index contributed by atoms with van der Waals surface area (Å²) in [6.45, 7) is -0.515. The molecule has 0 heterocycles. The van der Waals surface area contributed by atoms with Gasteiger partial charge in [-0.1, -0.05) is 14.9 Å². The van der Waals surface area contributed by atoms with Gasteiger partial charge in [-0.05, 0) is 0 Å². The Balaban J connectivity index is -0.000000142. The Morgan fingerprint density at radius 2 is 1.27 bits per heavy atom. The molecule has 0 spiro atoms. The van der Waals surface area contributed by atoms with Crippen LogP contribution in [0.15, 0.2) is 0 Å². The molecule has 0 N–H and O–H groups in total. The number of rotatable bonds is 2. The van der Waals surface area contributed by atoms with Gasteiger partial charge in [0.15, 0.2) is 0 Å². The fourth-order valence-corrected chi connectivity index (χ4v) is 0.244. The first-order chi connectivity index (χ1) is 6.20. The molecule has 0 atom stereocenters. The van der Waals surface area contributed by atoms with Crippen molar-refractivity contribution in [3.63, 3.8) is 0 Å². The fraction of sp³-hybridized carbons (Fsp3) is 0.625. The summed E-state index contributed by atoms with van der Waals surface area (Å²) in [6.07, 6.45) is -1.84. The normalized spacial score (nSPS) is 6.20. The van der Waals surface area contributed by atoms with Gasteiger partial charge in [-0.2, -0.15) is 0 Å². The van der Waals surface area contributed by atoms with Gasteiger partial charge in [-0.3, -0.25) is 0 Å². The predicted octanol–water partition coefficient (Wildman–Crippen LogP) is 1.75. The molecule has 15 heavy (non-hydrogen) atoms. The molecular formula is C8H18O6V. The van der Waals surface area contributed by atoms with Gasteiger partial charge < -0.3 is 18.9 Å². The minimum atomic E-state index is -0.922. The van der Waals surface area contributed by atoms with Crippen LogP contribution in [0.2, 0.25) is 0 Å². The molecule has 0 radical (unpaired) electrons. The summed E-state index contributed by atoms with van der Waals surface area (Å²) in [7, 11) is 2.28. The summed E-state index contributed by atoms with van der Waals surface area (Å²) in [5.74, 6) is 0. The molecule has 0 amide bonds. The quantitative estimate of drug-likeness (QED) is 0.557. The average molecular weight is 261 g/mol. The molecule has 0 rings (SSSR count). The number of hydrogen-bond acceptors (Lipinski definition) is 6. The van der Waals surface area contributed by atoms with E-state index < -0.39 is 19.1 Å². The predicted molar refractivity (Wildman–Crippen MR) is 52.4 cm³/mol. The third-order valence-corrected chi connectivity index (χ3v) is 0.687. The van der Waals surface area contributed by atoms with Crippen molar-refractivity contribution in [2.75, 3.05) is 21.0 Å². The second kappa shape index (κ2) is 18.7. The van der Waals surface area contributed by atoms with Crippen LogP contribution in [0.4, 0.5) is 9.59 Å². The van der Waals surface area contributed by atoms with E-state index in [1.54, 1.807) is 0 Å². The summed E-state index contributed by atoms with van der Waals surface area (Å²) in [4.78, 5) is 20.4. The van der Waals surface area contributed by atoms with Crippen molar-refractivity contribution in [1.82, 2.24) is 0 Å². The Hall–Kier alpha value is -1.01. The first-order valence-electron chi connectivity index (χ1n) is 2.93. The molecule has 91 valence electrons. The maximum absolute atomic E-state index is 10.2. The van der Waals surface area contributed by atoms with Crippen molar-refractivity contribution in [2.45, 2.75) is 14.9 Å². The zero-order chi connectivity index (χ0) is 10.7. The van der Waals surface area contributed by atoms with E-state index in [4.69, 9.17) is 0 Å². The van der Waals surface area contributed by atoms with Gasteiger partial charge in [0.1, 0.15) is 0 Å². The van der Waals surface area contributed by atoms with Gasteiger partial charge in [0.2, 0.25) is 6.79 Å². The Kier molecular flexibility index (Phi) is 29.5. The summed E-state index contributed by atoms with van der Waals surface area (Å²) >= 11 is 2.06. The van der Waals surface area contributed by atoms with Crippen LogP contribution in [0.3, 0.4) is 0 Å². The minimum absolute atomic E-state index is 0. The van der Waals surface area contributed by atoms with Gasteiger partial charge in [0.25, 0.3) is 0 Å². The van der Waals surface area contributed by atoms with E-state index in [0.717, 1.165) is 14.2 Å². The molecule has 0 saturated heterocycles. The number of hydrogen-bond donors (Lipinski definition) is 0. The van der Waals surface area contributed by atoms with Crippen molar-refractivity contribution >= 4 is 17.5 Å². The monoisotopic (exact) mass is 261 g/mol. The summed E-state index contributed by atoms with van der Waals surface area (Å²) in [6, 6.07) is 0. The van der Waals surface area contributed by atoms with Crippen LogP contribution in [0.1, 0.15) is 14.9 Å². The molecule has 6 nitrogen and oxygen atoms in total. The Bertz CT molecular complexity index is 145. The molecule has 0 aliphatic rings. The third-order valence-electron chi connectivity index (χ3n) is 0.687. The van der Waals surface area contributed by atoms with Gasteiger partial charge in [0, 0.05) is 0 Å². The van der Waals surface area contributed by atoms with Crippen LogP contribution in [0.5, 0.6) is 0 Å². The van der Waals surface area contributed by atoms with E-state index in [2.05, 4.69) is 41.2 Å². The van der Waals surface area contributed by atoms with E-state index in [9.17, 15) is 9.59 Å². The van der Waals surface area contributed by atoms with Crippen molar-refractivity contribution in [2.24, 2.45) is 0 Å². The standard InChI is InChI=1S/C5H8O6.2CH4.CH2.V/c1-8-4(6)10-3-11-5(7)9-2;;;;/h3H2,1-2H3;2*1H4;1H2;. The van der Waals surface area contributed by atoms with Gasteiger partial charge in [-0.15, -0.1) is 0 Å². The molecule has 0 bridgehead atoms. The number of ether oxygens (including phenoxy) is 4. The van der Waals surface area contributed by atoms with Crippen LogP contribution >= 0.6 is 0 Å². The van der Waals surface area contributed by atoms with Crippen LogP contribution in [0.25, 0.3) is 0 Å². The first-order valence-corrected chi connectivity index (χ1v) is 3.92. The van der Waals surface area contributed by atoms with Crippen molar-refractivity contribution in [3.8, 4) is 0 Å². The Labute approximate surface area is 99.3 Å². The summed E-state index contributed by atoms with van der Waals surface area (Å²) in [5, 5.41) is 3.19. The molecule has 0 aromatic heterocycles. The van der Waals surface area contributed by atoms with Gasteiger partial charge in [-0.25, -0.2) is 9.59 Å². The van der Waals surface area contributed by atoms with Gasteiger partial charge in [0.05, 0.1) is 14.2 Å². The Morgan fingerprint density at radius 1 is 1.00 bits per heavy atom. The number of carbonyl (C=O) groups is 2. The van der Waals surface area contributed by atoms with Crippen molar-refractivity contribution < 1.29 is 45.5 Å². The molecule has 0 saturated carbocycles. The average Bonchev–Trinajstić information content (AvgIpc) is 2.20. The topological polar surface area (TPSA) is 71.1 Å². The molecule has 0 fully saturated rings. The van der Waals surface area contributed by atoms with Crippen LogP contribution < -0.4 is 0 Å². The fourth-order valence-electron chi connectivity index (χ4n) is 0.244. The molecule has 0 aromatic carbocycles. The Morgan fingerprint density at radius 3 is 1.47 bits per heavy atom. The zero-order valence-electron chi connectivity index (χ0n) is 7.31. The second-order valence-electron chi connectivity index (χ2n) is 1.31. The van der Waals surface area contributed by atoms with Crippen molar-refractivity contribution in [1.29, 1.82) is 0 Å². The molecule has 0 aliphatic heterocycles.